The van der Waals surface area contributed by atoms with Crippen LogP contribution in [0.25, 0.3) is 16.9 Å². The molecule has 2 heterocycles. The number of H-pyrrole nitrogens is 1. The predicted molar refractivity (Wildman–Crippen MR) is 76.0 cm³/mol. The minimum atomic E-state index is -0.398. The van der Waals surface area contributed by atoms with E-state index in [1.807, 2.05) is 19.1 Å². The molecule has 2 aromatic heterocycles. The van der Waals surface area contributed by atoms with Gasteiger partial charge in [-0.25, -0.2) is 9.37 Å². The molecule has 0 aliphatic heterocycles. The number of hydrogen-bond acceptors (Lipinski definition) is 2. The molecule has 0 aliphatic carbocycles. The number of fused-ring (bicyclic) bond motifs is 1. The Hall–Kier alpha value is -1.72. The summed E-state index contributed by atoms with van der Waals surface area (Å²) in [6, 6.07) is 8.08. The van der Waals surface area contributed by atoms with Crippen molar-refractivity contribution in [1.29, 1.82) is 0 Å². The first kappa shape index (κ1) is 12.3. The molecule has 3 aromatic rings. The Morgan fingerprint density at radius 3 is 2.89 bits per heavy atom. The molecule has 0 saturated heterocycles. The van der Waals surface area contributed by atoms with E-state index in [-0.39, 0.29) is 0 Å². The van der Waals surface area contributed by atoms with Crippen LogP contribution in [0.5, 0.6) is 0 Å². The zero-order chi connectivity index (χ0) is 13.6. The molecular formula is C13H9ClFN3S. The average molecular weight is 294 g/mol. The average Bonchev–Trinajstić information content (AvgIpc) is 2.68. The first-order valence-corrected chi connectivity index (χ1v) is 6.39. The van der Waals surface area contributed by atoms with E-state index < -0.39 is 5.82 Å². The molecule has 6 heteroatoms. The molecule has 0 spiro atoms. The van der Waals surface area contributed by atoms with Gasteiger partial charge in [-0.2, -0.15) is 0 Å². The molecular weight excluding hydrogens is 285 g/mol. The first-order chi connectivity index (χ1) is 9.06. The Labute approximate surface area is 118 Å². The lowest BCUT2D eigenvalue weighted by Gasteiger charge is -2.06. The van der Waals surface area contributed by atoms with E-state index >= 15 is 0 Å². The molecule has 0 saturated carbocycles. The molecule has 1 N–H and O–H groups in total. The fraction of sp³-hybridized carbons (Fsp3) is 0.0769. The summed E-state index contributed by atoms with van der Waals surface area (Å²) in [5.74, 6) is -0.398. The third-order valence-electron chi connectivity index (χ3n) is 2.82. The van der Waals surface area contributed by atoms with Crippen molar-refractivity contribution in [2.45, 2.75) is 6.92 Å². The van der Waals surface area contributed by atoms with Gasteiger partial charge in [0.25, 0.3) is 0 Å². The van der Waals surface area contributed by atoms with Crippen LogP contribution in [0.4, 0.5) is 4.39 Å². The second kappa shape index (κ2) is 4.43. The molecule has 19 heavy (non-hydrogen) atoms. The molecule has 3 nitrogen and oxygen atoms in total. The zero-order valence-corrected chi connectivity index (χ0v) is 11.5. The Bertz CT molecular complexity index is 838. The molecule has 0 fully saturated rings. The summed E-state index contributed by atoms with van der Waals surface area (Å²) in [4.78, 5) is 7.40. The topological polar surface area (TPSA) is 33.6 Å². The summed E-state index contributed by atoms with van der Waals surface area (Å²) in [6.45, 7) is 1.87. The maximum atomic E-state index is 14.0. The Morgan fingerprint density at radius 2 is 2.11 bits per heavy atom. The van der Waals surface area contributed by atoms with E-state index in [2.05, 4.69) is 9.97 Å². The lowest BCUT2D eigenvalue weighted by molar-refractivity contribution is 0.618. The minimum Gasteiger partial charge on any atom is -0.329 e. The molecule has 0 bridgehead atoms. The Morgan fingerprint density at radius 1 is 1.32 bits per heavy atom. The van der Waals surface area contributed by atoms with Crippen LogP contribution < -0.4 is 0 Å². The largest absolute Gasteiger partial charge is 0.329 e. The van der Waals surface area contributed by atoms with E-state index in [9.17, 15) is 4.39 Å². The monoisotopic (exact) mass is 293 g/mol. The molecule has 3 rings (SSSR count). The molecule has 0 radical (unpaired) electrons. The summed E-state index contributed by atoms with van der Waals surface area (Å²) >= 11 is 11.2. The van der Waals surface area contributed by atoms with Crippen LogP contribution in [-0.2, 0) is 0 Å². The highest BCUT2D eigenvalue weighted by Gasteiger charge is 2.12. The number of benzene rings is 1. The van der Waals surface area contributed by atoms with Gasteiger partial charge >= 0.3 is 0 Å². The van der Waals surface area contributed by atoms with Gasteiger partial charge < -0.3 is 4.98 Å². The maximum absolute atomic E-state index is 14.0. The number of aromatic amines is 1. The number of nitrogens with one attached hydrogen (secondary N) is 1. The van der Waals surface area contributed by atoms with Crippen LogP contribution in [0.3, 0.4) is 0 Å². The van der Waals surface area contributed by atoms with Crippen molar-refractivity contribution in [2.24, 2.45) is 0 Å². The van der Waals surface area contributed by atoms with Crippen LogP contribution >= 0.6 is 23.8 Å². The van der Waals surface area contributed by atoms with Crippen molar-refractivity contribution in [3.8, 4) is 5.69 Å². The highest BCUT2D eigenvalue weighted by atomic mass is 35.5. The van der Waals surface area contributed by atoms with Gasteiger partial charge in [0.15, 0.2) is 10.4 Å². The van der Waals surface area contributed by atoms with Crippen LogP contribution in [-0.4, -0.2) is 14.5 Å². The van der Waals surface area contributed by atoms with Crippen molar-refractivity contribution in [2.75, 3.05) is 0 Å². The van der Waals surface area contributed by atoms with Gasteiger partial charge in [-0.15, -0.1) is 0 Å². The predicted octanol–water partition coefficient (Wildman–Crippen LogP) is 4.18. The molecule has 0 unspecified atom stereocenters. The number of hydrogen-bond donors (Lipinski definition) is 1. The third-order valence-corrected chi connectivity index (χ3v) is 3.34. The van der Waals surface area contributed by atoms with E-state index in [0.29, 0.717) is 21.1 Å². The van der Waals surface area contributed by atoms with Gasteiger partial charge in [0.2, 0.25) is 0 Å². The standard InChI is InChI=1S/C13H9ClFN3S/c1-7-2-5-10-12(16-7)18(13(19)17-10)11-6-8(14)3-4-9(11)15/h2-6H,1H3,(H,17,19). The van der Waals surface area contributed by atoms with Crippen molar-refractivity contribution < 1.29 is 4.39 Å². The number of aromatic nitrogens is 3. The van der Waals surface area contributed by atoms with Gasteiger partial charge in [0.05, 0.1) is 11.2 Å². The maximum Gasteiger partial charge on any atom is 0.184 e. The highest BCUT2D eigenvalue weighted by molar-refractivity contribution is 7.71. The van der Waals surface area contributed by atoms with Crippen molar-refractivity contribution >= 4 is 35.0 Å². The quantitative estimate of drug-likeness (QED) is 0.683. The fourth-order valence-electron chi connectivity index (χ4n) is 1.96. The molecule has 0 aliphatic rings. The Balaban J connectivity index is 2.42. The summed E-state index contributed by atoms with van der Waals surface area (Å²) in [5, 5.41) is 0.445. The summed E-state index contributed by atoms with van der Waals surface area (Å²) in [6.07, 6.45) is 0. The van der Waals surface area contributed by atoms with E-state index in [4.69, 9.17) is 23.8 Å². The lowest BCUT2D eigenvalue weighted by Crippen LogP contribution is -1.99. The van der Waals surface area contributed by atoms with Crippen molar-refractivity contribution in [3.63, 3.8) is 0 Å². The summed E-state index contributed by atoms with van der Waals surface area (Å²) < 4.78 is 15.9. The third kappa shape index (κ3) is 2.05. The zero-order valence-electron chi connectivity index (χ0n) is 9.95. The highest BCUT2D eigenvalue weighted by Crippen LogP contribution is 2.23. The van der Waals surface area contributed by atoms with Gasteiger partial charge in [0.1, 0.15) is 5.82 Å². The molecule has 0 atom stereocenters. The summed E-state index contributed by atoms with van der Waals surface area (Å²) in [5.41, 5.74) is 2.47. The first-order valence-electron chi connectivity index (χ1n) is 5.60. The van der Waals surface area contributed by atoms with Crippen LogP contribution in [0.1, 0.15) is 5.69 Å². The SMILES string of the molecule is Cc1ccc2[nH]c(=S)n(-c3cc(Cl)ccc3F)c2n1. The van der Waals surface area contributed by atoms with Crippen LogP contribution in [0, 0.1) is 17.5 Å². The summed E-state index contributed by atoms with van der Waals surface area (Å²) in [7, 11) is 0. The molecule has 96 valence electrons. The van der Waals surface area contributed by atoms with Gasteiger partial charge in [-0.1, -0.05) is 11.6 Å². The lowest BCUT2D eigenvalue weighted by atomic mass is 10.3. The molecule has 1 aromatic carbocycles. The van der Waals surface area contributed by atoms with E-state index in [1.54, 1.807) is 4.57 Å². The number of aryl methyl sites for hydroxylation is 1. The van der Waals surface area contributed by atoms with Gasteiger partial charge in [0, 0.05) is 10.7 Å². The number of halogens is 2. The van der Waals surface area contributed by atoms with E-state index in [1.165, 1.54) is 18.2 Å². The van der Waals surface area contributed by atoms with Crippen molar-refractivity contribution in [3.05, 3.63) is 51.6 Å². The number of imidazole rings is 1. The molecule has 0 amide bonds. The van der Waals surface area contributed by atoms with Crippen molar-refractivity contribution in [1.82, 2.24) is 14.5 Å². The number of nitrogens with zero attached hydrogens (tertiary/aromatic N) is 2. The second-order valence-corrected chi connectivity index (χ2v) is 5.01. The fourth-order valence-corrected chi connectivity index (χ4v) is 2.42. The Kier molecular flexibility index (Phi) is 2.88. The smallest absolute Gasteiger partial charge is 0.184 e. The minimum absolute atomic E-state index is 0.293. The number of rotatable bonds is 1. The van der Waals surface area contributed by atoms with E-state index in [0.717, 1.165) is 11.2 Å². The van der Waals surface area contributed by atoms with Gasteiger partial charge in [-0.3, -0.25) is 4.57 Å². The second-order valence-electron chi connectivity index (χ2n) is 4.19. The van der Waals surface area contributed by atoms with Gasteiger partial charge in [-0.05, 0) is 49.5 Å². The van der Waals surface area contributed by atoms with Crippen LogP contribution in [0.2, 0.25) is 5.02 Å². The number of pyridine rings is 1. The normalized spacial score (nSPS) is 11.1. The van der Waals surface area contributed by atoms with Crippen LogP contribution in [0.15, 0.2) is 30.3 Å².